The van der Waals surface area contributed by atoms with Crippen molar-refractivity contribution in [1.29, 1.82) is 0 Å². The van der Waals surface area contributed by atoms with Crippen molar-refractivity contribution in [2.45, 2.75) is 12.8 Å². The first-order valence-corrected chi connectivity index (χ1v) is 4.68. The molecule has 1 aliphatic heterocycles. The fourth-order valence-electron chi connectivity index (χ4n) is 1.54. The number of carbonyl (C=O) groups excluding carboxylic acids is 1. The Morgan fingerprint density at radius 1 is 1.69 bits per heavy atom. The van der Waals surface area contributed by atoms with E-state index in [1.54, 1.807) is 0 Å². The number of nitrogens with two attached hydrogens (primary N) is 1. The van der Waals surface area contributed by atoms with Crippen molar-refractivity contribution in [2.24, 2.45) is 11.7 Å². The van der Waals surface area contributed by atoms with Gasteiger partial charge in [0, 0.05) is 13.1 Å². The Morgan fingerprint density at radius 2 is 2.38 bits per heavy atom. The normalized spacial score (nSPS) is 22.5. The van der Waals surface area contributed by atoms with Gasteiger partial charge in [0.05, 0.1) is 13.0 Å². The predicted octanol–water partition coefficient (Wildman–Crippen LogP) is 0.115. The summed E-state index contributed by atoms with van der Waals surface area (Å²) >= 11 is 4.84. The Morgan fingerprint density at radius 3 is 2.92 bits per heavy atom. The van der Waals surface area contributed by atoms with Gasteiger partial charge in [-0.3, -0.25) is 4.79 Å². The molecule has 0 aromatic carbocycles. The van der Waals surface area contributed by atoms with Crippen LogP contribution in [0.25, 0.3) is 0 Å². The van der Waals surface area contributed by atoms with Crippen molar-refractivity contribution in [3.05, 3.63) is 0 Å². The predicted molar refractivity (Wildman–Crippen MR) is 53.1 cm³/mol. The summed E-state index contributed by atoms with van der Waals surface area (Å²) in [5, 5.41) is 0.369. The van der Waals surface area contributed by atoms with Crippen LogP contribution < -0.4 is 5.73 Å². The average Bonchev–Trinajstić information content (AvgIpc) is 2.17. The molecule has 1 rings (SSSR count). The second-order valence-corrected chi connectivity index (χ2v) is 3.56. The molecule has 1 saturated heterocycles. The van der Waals surface area contributed by atoms with Gasteiger partial charge in [-0.15, -0.1) is 0 Å². The topological polar surface area (TPSA) is 55.6 Å². The van der Waals surface area contributed by atoms with Crippen LogP contribution in [0, 0.1) is 5.92 Å². The van der Waals surface area contributed by atoms with Gasteiger partial charge in [-0.25, -0.2) is 0 Å². The zero-order valence-corrected chi connectivity index (χ0v) is 8.47. The fraction of sp³-hybridized carbons (Fsp3) is 0.750. The summed E-state index contributed by atoms with van der Waals surface area (Å²) in [5.41, 5.74) is 5.48. The third-order valence-electron chi connectivity index (χ3n) is 2.27. The van der Waals surface area contributed by atoms with Crippen LogP contribution in [0.2, 0.25) is 0 Å². The van der Waals surface area contributed by atoms with E-state index < -0.39 is 0 Å². The highest BCUT2D eigenvalue weighted by molar-refractivity contribution is 7.80. The third kappa shape index (κ3) is 2.55. The maximum atomic E-state index is 11.2. The number of likely N-dealkylation sites (tertiary alicyclic amines) is 1. The lowest BCUT2D eigenvalue weighted by Gasteiger charge is -2.31. The minimum Gasteiger partial charge on any atom is -0.469 e. The molecule has 0 amide bonds. The molecule has 1 aliphatic rings. The highest BCUT2D eigenvalue weighted by Gasteiger charge is 2.26. The number of thiocarbonyl (C=S) groups is 1. The van der Waals surface area contributed by atoms with E-state index in [0.717, 1.165) is 19.4 Å². The Labute approximate surface area is 83.0 Å². The monoisotopic (exact) mass is 202 g/mol. The van der Waals surface area contributed by atoms with Gasteiger partial charge in [0.2, 0.25) is 0 Å². The van der Waals surface area contributed by atoms with E-state index >= 15 is 0 Å². The van der Waals surface area contributed by atoms with Crippen molar-refractivity contribution < 1.29 is 9.53 Å². The van der Waals surface area contributed by atoms with E-state index in [1.807, 2.05) is 4.90 Å². The lowest BCUT2D eigenvalue weighted by Crippen LogP contribution is -2.44. The molecule has 5 heteroatoms. The summed E-state index contributed by atoms with van der Waals surface area (Å²) < 4.78 is 4.67. The zero-order valence-electron chi connectivity index (χ0n) is 7.66. The summed E-state index contributed by atoms with van der Waals surface area (Å²) in [6, 6.07) is 0. The van der Waals surface area contributed by atoms with Crippen molar-refractivity contribution in [2.75, 3.05) is 20.2 Å². The first-order chi connectivity index (χ1) is 6.15. The molecule has 1 heterocycles. The van der Waals surface area contributed by atoms with Gasteiger partial charge < -0.3 is 15.4 Å². The smallest absolute Gasteiger partial charge is 0.310 e. The summed E-state index contributed by atoms with van der Waals surface area (Å²) in [6.07, 6.45) is 1.81. The molecule has 0 radical (unpaired) electrons. The second kappa shape index (κ2) is 4.41. The maximum Gasteiger partial charge on any atom is 0.310 e. The Hall–Kier alpha value is -0.840. The van der Waals surface area contributed by atoms with Gasteiger partial charge in [-0.2, -0.15) is 0 Å². The molecule has 0 bridgehead atoms. The number of rotatable bonds is 1. The lowest BCUT2D eigenvalue weighted by molar-refractivity contribution is -0.146. The molecule has 0 aromatic rings. The number of carbonyl (C=O) groups is 1. The van der Waals surface area contributed by atoms with Gasteiger partial charge in [-0.05, 0) is 25.1 Å². The molecular formula is C8H14N2O2S. The van der Waals surface area contributed by atoms with Crippen molar-refractivity contribution in [3.8, 4) is 0 Å². The van der Waals surface area contributed by atoms with Crippen LogP contribution in [-0.4, -0.2) is 36.2 Å². The van der Waals surface area contributed by atoms with E-state index in [-0.39, 0.29) is 11.9 Å². The Kier molecular flexibility index (Phi) is 3.48. The highest BCUT2D eigenvalue weighted by Crippen LogP contribution is 2.17. The van der Waals surface area contributed by atoms with E-state index in [0.29, 0.717) is 11.7 Å². The van der Waals surface area contributed by atoms with E-state index in [9.17, 15) is 4.79 Å². The third-order valence-corrected chi connectivity index (χ3v) is 2.53. The molecule has 13 heavy (non-hydrogen) atoms. The molecule has 0 unspecified atom stereocenters. The van der Waals surface area contributed by atoms with E-state index in [1.165, 1.54) is 7.11 Å². The van der Waals surface area contributed by atoms with Crippen molar-refractivity contribution in [1.82, 2.24) is 4.90 Å². The van der Waals surface area contributed by atoms with Crippen LogP contribution in [0.5, 0.6) is 0 Å². The standard InChI is InChI=1S/C8H14N2O2S/c1-12-7(11)6-3-2-4-10(5-6)8(9)13/h6H,2-5H2,1H3,(H2,9,13)/t6-/m0/s1. The number of hydrogen-bond acceptors (Lipinski definition) is 3. The van der Waals surface area contributed by atoms with Gasteiger partial charge >= 0.3 is 5.97 Å². The fourth-order valence-corrected chi connectivity index (χ4v) is 1.70. The summed E-state index contributed by atoms with van der Waals surface area (Å²) in [4.78, 5) is 13.0. The van der Waals surface area contributed by atoms with Crippen molar-refractivity contribution >= 4 is 23.3 Å². The van der Waals surface area contributed by atoms with Gasteiger partial charge in [0.15, 0.2) is 5.11 Å². The minimum atomic E-state index is -0.166. The number of methoxy groups -OCH3 is 1. The van der Waals surface area contributed by atoms with Crippen LogP contribution in [0.15, 0.2) is 0 Å². The molecule has 0 spiro atoms. The molecular weight excluding hydrogens is 188 g/mol. The largest absolute Gasteiger partial charge is 0.469 e. The summed E-state index contributed by atoms with van der Waals surface area (Å²) in [6.45, 7) is 1.45. The Bertz CT molecular complexity index is 220. The number of piperidine rings is 1. The number of nitrogens with zero attached hydrogens (tertiary/aromatic N) is 1. The quantitative estimate of drug-likeness (QED) is 0.483. The number of hydrogen-bond donors (Lipinski definition) is 1. The minimum absolute atomic E-state index is 0.0692. The summed E-state index contributed by atoms with van der Waals surface area (Å²) in [5.74, 6) is -0.235. The molecule has 0 aliphatic carbocycles. The molecule has 74 valence electrons. The summed E-state index contributed by atoms with van der Waals surface area (Å²) in [7, 11) is 1.40. The molecule has 0 saturated carbocycles. The molecule has 1 atom stereocenters. The average molecular weight is 202 g/mol. The molecule has 2 N–H and O–H groups in total. The van der Waals surface area contributed by atoms with Crippen LogP contribution >= 0.6 is 12.2 Å². The van der Waals surface area contributed by atoms with E-state index in [4.69, 9.17) is 18.0 Å². The van der Waals surface area contributed by atoms with Crippen LogP contribution in [0.1, 0.15) is 12.8 Å². The Balaban J connectivity index is 2.51. The van der Waals surface area contributed by atoms with Crippen molar-refractivity contribution in [3.63, 3.8) is 0 Å². The molecule has 1 fully saturated rings. The maximum absolute atomic E-state index is 11.2. The van der Waals surface area contributed by atoms with Crippen LogP contribution in [0.3, 0.4) is 0 Å². The highest BCUT2D eigenvalue weighted by atomic mass is 32.1. The lowest BCUT2D eigenvalue weighted by atomic mass is 9.99. The first-order valence-electron chi connectivity index (χ1n) is 4.27. The SMILES string of the molecule is COC(=O)[C@H]1CCCN(C(N)=S)C1. The van der Waals surface area contributed by atoms with Crippen LogP contribution in [-0.2, 0) is 9.53 Å². The molecule has 0 aromatic heterocycles. The van der Waals surface area contributed by atoms with Gasteiger partial charge in [0.1, 0.15) is 0 Å². The van der Waals surface area contributed by atoms with Gasteiger partial charge in [0.25, 0.3) is 0 Å². The first kappa shape index (κ1) is 10.2. The van der Waals surface area contributed by atoms with Crippen LogP contribution in [0.4, 0.5) is 0 Å². The zero-order chi connectivity index (χ0) is 9.84. The van der Waals surface area contributed by atoms with Gasteiger partial charge in [-0.1, -0.05) is 0 Å². The molecule has 4 nitrogen and oxygen atoms in total. The van der Waals surface area contributed by atoms with E-state index in [2.05, 4.69) is 4.74 Å². The number of ether oxygens (including phenoxy) is 1. The number of esters is 1. The second-order valence-electron chi connectivity index (χ2n) is 3.15.